The van der Waals surface area contributed by atoms with Crippen LogP contribution in [0.2, 0.25) is 0 Å². The first kappa shape index (κ1) is 11.5. The first-order valence-corrected chi connectivity index (χ1v) is 5.43. The third kappa shape index (κ3) is 1.98. The second kappa shape index (κ2) is 3.80. The van der Waals surface area contributed by atoms with Gasteiger partial charge in [0.1, 0.15) is 5.75 Å². The van der Waals surface area contributed by atoms with E-state index in [-0.39, 0.29) is 5.75 Å². The number of hydrogen-bond donors (Lipinski definition) is 3. The smallest absolute Gasteiger partial charge is 0.309 e. The molecule has 2 aromatic rings. The zero-order valence-electron chi connectivity index (χ0n) is 9.82. The van der Waals surface area contributed by atoms with E-state index in [9.17, 15) is 9.90 Å². The Morgan fingerprint density at radius 1 is 1.35 bits per heavy atom. The maximum Gasteiger partial charge on any atom is 0.309 e. The topological polar surface area (TPSA) is 73.3 Å². The highest BCUT2D eigenvalue weighted by molar-refractivity contribution is 5.87. The number of phenolic OH excluding ortho intramolecular Hbond substituents is 1. The molecule has 4 nitrogen and oxygen atoms in total. The highest BCUT2D eigenvalue weighted by Gasteiger charge is 2.28. The van der Waals surface area contributed by atoms with Crippen molar-refractivity contribution in [3.05, 3.63) is 30.0 Å². The molecule has 1 heterocycles. The van der Waals surface area contributed by atoms with E-state index in [1.807, 2.05) is 6.07 Å². The molecule has 0 radical (unpaired) electrons. The first-order valence-electron chi connectivity index (χ1n) is 5.43. The molecule has 0 atom stereocenters. The lowest BCUT2D eigenvalue weighted by Crippen LogP contribution is -2.26. The maximum atomic E-state index is 11.1. The Labute approximate surface area is 98.9 Å². The summed E-state index contributed by atoms with van der Waals surface area (Å²) in [6.45, 7) is 3.30. The van der Waals surface area contributed by atoms with Crippen LogP contribution < -0.4 is 0 Å². The minimum Gasteiger partial charge on any atom is -0.507 e. The molecule has 0 saturated carbocycles. The Morgan fingerprint density at radius 2 is 2.06 bits per heavy atom. The summed E-state index contributed by atoms with van der Waals surface area (Å²) in [6, 6.07) is 5.39. The van der Waals surface area contributed by atoms with Gasteiger partial charge in [-0.1, -0.05) is 6.07 Å². The number of rotatable bonds is 3. The van der Waals surface area contributed by atoms with Gasteiger partial charge in [0.2, 0.25) is 0 Å². The van der Waals surface area contributed by atoms with Gasteiger partial charge in [0, 0.05) is 17.1 Å². The van der Waals surface area contributed by atoms with E-state index in [0.717, 1.165) is 10.9 Å². The number of H-pyrrole nitrogens is 1. The number of phenols is 1. The normalized spacial score (nSPS) is 11.9. The summed E-state index contributed by atoms with van der Waals surface area (Å²) in [7, 11) is 0. The fourth-order valence-corrected chi connectivity index (χ4v) is 1.86. The quantitative estimate of drug-likeness (QED) is 0.762. The Hall–Kier alpha value is -1.97. The number of aromatic hydroxyl groups is 1. The monoisotopic (exact) mass is 233 g/mol. The molecule has 17 heavy (non-hydrogen) atoms. The summed E-state index contributed by atoms with van der Waals surface area (Å²) in [4.78, 5) is 14.1. The molecule has 90 valence electrons. The molecule has 1 aromatic heterocycles. The molecule has 0 bridgehead atoms. The van der Waals surface area contributed by atoms with E-state index in [2.05, 4.69) is 4.98 Å². The molecular formula is C13H15NO3. The van der Waals surface area contributed by atoms with Crippen LogP contribution in [0.1, 0.15) is 19.4 Å². The van der Waals surface area contributed by atoms with E-state index >= 15 is 0 Å². The summed E-state index contributed by atoms with van der Waals surface area (Å²) < 4.78 is 0. The van der Waals surface area contributed by atoms with Crippen molar-refractivity contribution in [2.75, 3.05) is 0 Å². The standard InChI is InChI=1S/C13H15NO3/c1-13(2,12(16)17)7-8-3-4-10-9(11(8)15)5-6-14-10/h3-6,14-15H,7H2,1-2H3,(H,16,17). The Morgan fingerprint density at radius 3 is 2.71 bits per heavy atom. The average Bonchev–Trinajstić information content (AvgIpc) is 2.70. The van der Waals surface area contributed by atoms with Gasteiger partial charge in [0.15, 0.2) is 0 Å². The molecule has 2 rings (SSSR count). The average molecular weight is 233 g/mol. The van der Waals surface area contributed by atoms with Crippen LogP contribution in [0, 0.1) is 5.41 Å². The minimum absolute atomic E-state index is 0.165. The third-order valence-electron chi connectivity index (χ3n) is 3.00. The molecule has 0 unspecified atom stereocenters. The Kier molecular flexibility index (Phi) is 2.58. The number of carboxylic acid groups (broad SMARTS) is 1. The summed E-state index contributed by atoms with van der Waals surface area (Å²) in [5, 5.41) is 19.9. The second-order valence-electron chi connectivity index (χ2n) is 4.88. The predicted octanol–water partition coefficient (Wildman–Crippen LogP) is 2.53. The molecule has 0 aliphatic heterocycles. The minimum atomic E-state index is -0.887. The van der Waals surface area contributed by atoms with E-state index in [1.165, 1.54) is 0 Å². The largest absolute Gasteiger partial charge is 0.507 e. The lowest BCUT2D eigenvalue weighted by Gasteiger charge is -2.19. The molecule has 0 fully saturated rings. The van der Waals surface area contributed by atoms with Gasteiger partial charge in [-0.15, -0.1) is 0 Å². The molecule has 0 amide bonds. The van der Waals surface area contributed by atoms with Crippen molar-refractivity contribution in [3.8, 4) is 5.75 Å². The molecule has 0 aliphatic rings. The summed E-state index contributed by atoms with van der Waals surface area (Å²) in [5.41, 5.74) is 0.616. The van der Waals surface area contributed by atoms with Gasteiger partial charge in [0.05, 0.1) is 5.41 Å². The number of aliphatic carboxylic acids is 1. The number of fused-ring (bicyclic) bond motifs is 1. The van der Waals surface area contributed by atoms with Crippen LogP contribution in [-0.4, -0.2) is 21.2 Å². The SMILES string of the molecule is CC(C)(Cc1ccc2[nH]ccc2c1O)C(=O)O. The number of carboxylic acids is 1. The number of aromatic amines is 1. The van der Waals surface area contributed by atoms with Crippen molar-refractivity contribution >= 4 is 16.9 Å². The highest BCUT2D eigenvalue weighted by atomic mass is 16.4. The van der Waals surface area contributed by atoms with Crippen LogP contribution >= 0.6 is 0 Å². The number of benzene rings is 1. The highest BCUT2D eigenvalue weighted by Crippen LogP contribution is 2.32. The van der Waals surface area contributed by atoms with Crippen LogP contribution in [0.4, 0.5) is 0 Å². The van der Waals surface area contributed by atoms with E-state index in [4.69, 9.17) is 5.11 Å². The van der Waals surface area contributed by atoms with Gasteiger partial charge in [-0.2, -0.15) is 0 Å². The summed E-state index contributed by atoms with van der Waals surface area (Å²) in [5.74, 6) is -0.704. The number of nitrogens with one attached hydrogen (secondary N) is 1. The van der Waals surface area contributed by atoms with Crippen molar-refractivity contribution in [1.29, 1.82) is 0 Å². The van der Waals surface area contributed by atoms with Gasteiger partial charge in [-0.05, 0) is 38.0 Å². The predicted molar refractivity (Wildman–Crippen MR) is 65.1 cm³/mol. The van der Waals surface area contributed by atoms with Crippen molar-refractivity contribution in [1.82, 2.24) is 4.98 Å². The molecule has 1 aromatic carbocycles. The van der Waals surface area contributed by atoms with Crippen LogP contribution in [0.3, 0.4) is 0 Å². The first-order chi connectivity index (χ1) is 7.92. The molecule has 4 heteroatoms. The van der Waals surface area contributed by atoms with Crippen molar-refractivity contribution in [2.24, 2.45) is 5.41 Å². The van der Waals surface area contributed by atoms with Crippen LogP contribution in [-0.2, 0) is 11.2 Å². The third-order valence-corrected chi connectivity index (χ3v) is 3.00. The molecule has 0 aliphatic carbocycles. The Bertz CT molecular complexity index is 569. The van der Waals surface area contributed by atoms with Gasteiger partial charge in [-0.3, -0.25) is 4.79 Å². The number of aromatic nitrogens is 1. The second-order valence-corrected chi connectivity index (χ2v) is 4.88. The zero-order valence-corrected chi connectivity index (χ0v) is 9.82. The van der Waals surface area contributed by atoms with Gasteiger partial charge < -0.3 is 15.2 Å². The van der Waals surface area contributed by atoms with Crippen LogP contribution in [0.15, 0.2) is 24.4 Å². The van der Waals surface area contributed by atoms with Crippen molar-refractivity contribution < 1.29 is 15.0 Å². The number of hydrogen-bond acceptors (Lipinski definition) is 2. The van der Waals surface area contributed by atoms with E-state index in [0.29, 0.717) is 12.0 Å². The molecular weight excluding hydrogens is 218 g/mol. The lowest BCUT2D eigenvalue weighted by atomic mass is 9.85. The summed E-state index contributed by atoms with van der Waals surface area (Å²) >= 11 is 0. The fourth-order valence-electron chi connectivity index (χ4n) is 1.86. The van der Waals surface area contributed by atoms with Crippen LogP contribution in [0.25, 0.3) is 10.9 Å². The van der Waals surface area contributed by atoms with Crippen molar-refractivity contribution in [3.63, 3.8) is 0 Å². The molecule has 3 N–H and O–H groups in total. The Balaban J connectivity index is 2.43. The van der Waals surface area contributed by atoms with Crippen LogP contribution in [0.5, 0.6) is 5.75 Å². The lowest BCUT2D eigenvalue weighted by molar-refractivity contribution is -0.146. The van der Waals surface area contributed by atoms with E-state index < -0.39 is 11.4 Å². The van der Waals surface area contributed by atoms with Gasteiger partial charge in [-0.25, -0.2) is 0 Å². The number of carbonyl (C=O) groups is 1. The summed E-state index contributed by atoms with van der Waals surface area (Å²) in [6.07, 6.45) is 2.05. The van der Waals surface area contributed by atoms with Crippen molar-refractivity contribution in [2.45, 2.75) is 20.3 Å². The van der Waals surface area contributed by atoms with Gasteiger partial charge in [0.25, 0.3) is 0 Å². The fraction of sp³-hybridized carbons (Fsp3) is 0.308. The molecule has 0 spiro atoms. The molecule has 0 saturated heterocycles. The maximum absolute atomic E-state index is 11.1. The zero-order chi connectivity index (χ0) is 12.6. The van der Waals surface area contributed by atoms with E-state index in [1.54, 1.807) is 32.2 Å². The van der Waals surface area contributed by atoms with Gasteiger partial charge >= 0.3 is 5.97 Å².